The molecule has 0 aliphatic carbocycles. The Kier molecular flexibility index (Phi) is 5.29. The number of methoxy groups -OCH3 is 1. The van der Waals surface area contributed by atoms with Crippen LogP contribution in [0.5, 0.6) is 5.75 Å². The lowest BCUT2D eigenvalue weighted by Gasteiger charge is -2.50. The van der Waals surface area contributed by atoms with Gasteiger partial charge in [-0.1, -0.05) is 30.4 Å². The molecule has 1 amide bonds. The molecular weight excluding hydrogens is 374 g/mol. The Morgan fingerprint density at radius 2 is 1.87 bits per heavy atom. The molecule has 2 aliphatic heterocycles. The highest BCUT2D eigenvalue weighted by atomic mass is 16.5. The van der Waals surface area contributed by atoms with E-state index in [2.05, 4.69) is 35.9 Å². The number of anilines is 2. The van der Waals surface area contributed by atoms with Gasteiger partial charge in [-0.3, -0.25) is 4.79 Å². The summed E-state index contributed by atoms with van der Waals surface area (Å²) in [5.41, 5.74) is 4.93. The van der Waals surface area contributed by atoms with Crippen LogP contribution in [-0.4, -0.2) is 36.5 Å². The van der Waals surface area contributed by atoms with Crippen LogP contribution in [-0.2, 0) is 0 Å². The van der Waals surface area contributed by atoms with Gasteiger partial charge in [-0.15, -0.1) is 0 Å². The number of nitrogens with one attached hydrogen (secondary N) is 1. The van der Waals surface area contributed by atoms with Gasteiger partial charge < -0.3 is 19.9 Å². The molecule has 2 aromatic rings. The summed E-state index contributed by atoms with van der Waals surface area (Å²) < 4.78 is 5.43. The summed E-state index contributed by atoms with van der Waals surface area (Å²) in [7, 11) is 1.68. The van der Waals surface area contributed by atoms with Gasteiger partial charge in [0, 0.05) is 36.6 Å². The molecule has 2 aliphatic rings. The van der Waals surface area contributed by atoms with Crippen LogP contribution < -0.4 is 15.0 Å². The van der Waals surface area contributed by atoms with Crippen molar-refractivity contribution in [1.29, 1.82) is 0 Å². The van der Waals surface area contributed by atoms with Crippen LogP contribution in [0.4, 0.5) is 11.4 Å². The number of benzene rings is 2. The van der Waals surface area contributed by atoms with E-state index in [0.717, 1.165) is 41.1 Å². The van der Waals surface area contributed by atoms with Crippen LogP contribution in [0.25, 0.3) is 0 Å². The molecule has 0 radical (unpaired) electrons. The third-order valence-corrected chi connectivity index (χ3v) is 6.25. The number of ether oxygens (including phenoxy) is 1. The standard InChI is InChI=1S/C25H29N3O2/c1-5-23-25(26-21-17-20(30-4)11-12-22(21)28(23)6-2)13-15-27(16-14-25)24(29)19-9-7-18(3)8-10-19/h5-12,17,26H,2,13-16H2,1,3-4H3. The molecule has 1 saturated heterocycles. The van der Waals surface area contributed by atoms with E-state index in [-0.39, 0.29) is 11.4 Å². The second-order valence-electron chi connectivity index (χ2n) is 7.97. The van der Waals surface area contributed by atoms with E-state index >= 15 is 0 Å². The zero-order valence-electron chi connectivity index (χ0n) is 17.9. The molecule has 0 unspecified atom stereocenters. The molecule has 0 atom stereocenters. The Bertz CT molecular complexity index is 986. The van der Waals surface area contributed by atoms with Gasteiger partial charge in [-0.05, 0) is 51.0 Å². The number of amides is 1. The van der Waals surface area contributed by atoms with E-state index in [1.165, 1.54) is 5.70 Å². The monoisotopic (exact) mass is 403 g/mol. The van der Waals surface area contributed by atoms with Crippen LogP contribution >= 0.6 is 0 Å². The predicted octanol–water partition coefficient (Wildman–Crippen LogP) is 4.96. The third-order valence-electron chi connectivity index (χ3n) is 6.25. The zero-order chi connectivity index (χ0) is 21.3. The Morgan fingerprint density at radius 1 is 1.17 bits per heavy atom. The van der Waals surface area contributed by atoms with Gasteiger partial charge in [0.05, 0.1) is 24.0 Å². The molecule has 0 aromatic heterocycles. The van der Waals surface area contributed by atoms with Crippen LogP contribution in [0.15, 0.2) is 67.0 Å². The van der Waals surface area contributed by atoms with Crippen LogP contribution in [0, 0.1) is 6.92 Å². The predicted molar refractivity (Wildman–Crippen MR) is 122 cm³/mol. The maximum absolute atomic E-state index is 13.0. The minimum Gasteiger partial charge on any atom is -0.497 e. The highest BCUT2D eigenvalue weighted by Gasteiger charge is 2.44. The largest absolute Gasteiger partial charge is 0.497 e. The first-order chi connectivity index (χ1) is 14.5. The number of aryl methyl sites for hydroxylation is 1. The summed E-state index contributed by atoms with van der Waals surface area (Å²) in [6.07, 6.45) is 5.67. The summed E-state index contributed by atoms with van der Waals surface area (Å²) in [6.45, 7) is 9.54. The number of carbonyl (C=O) groups is 1. The van der Waals surface area contributed by atoms with Gasteiger partial charge in [0.1, 0.15) is 5.75 Å². The lowest BCUT2D eigenvalue weighted by Crippen LogP contribution is -2.56. The number of rotatable bonds is 3. The van der Waals surface area contributed by atoms with Crippen molar-refractivity contribution in [1.82, 2.24) is 4.90 Å². The van der Waals surface area contributed by atoms with Gasteiger partial charge in [0.2, 0.25) is 0 Å². The number of fused-ring (bicyclic) bond motifs is 1. The van der Waals surface area contributed by atoms with Crippen LogP contribution in [0.3, 0.4) is 0 Å². The fourth-order valence-corrected chi connectivity index (χ4v) is 4.60. The average Bonchev–Trinajstić information content (AvgIpc) is 2.78. The summed E-state index contributed by atoms with van der Waals surface area (Å²) in [4.78, 5) is 17.1. The quantitative estimate of drug-likeness (QED) is 0.787. The Labute approximate surface area is 178 Å². The number of allylic oxidation sites excluding steroid dienone is 1. The minimum absolute atomic E-state index is 0.102. The third kappa shape index (κ3) is 3.34. The molecular formula is C25H29N3O2. The van der Waals surface area contributed by atoms with Crippen molar-refractivity contribution in [3.8, 4) is 5.75 Å². The van der Waals surface area contributed by atoms with Crippen molar-refractivity contribution in [2.45, 2.75) is 32.2 Å². The highest BCUT2D eigenvalue weighted by molar-refractivity contribution is 5.94. The lowest BCUT2D eigenvalue weighted by molar-refractivity contribution is 0.0694. The Morgan fingerprint density at radius 3 is 2.47 bits per heavy atom. The van der Waals surface area contributed by atoms with Gasteiger partial charge in [0.15, 0.2) is 0 Å². The summed E-state index contributed by atoms with van der Waals surface area (Å²) in [5, 5.41) is 3.78. The maximum atomic E-state index is 13.0. The molecule has 30 heavy (non-hydrogen) atoms. The number of piperidine rings is 1. The first-order valence-electron chi connectivity index (χ1n) is 10.4. The minimum atomic E-state index is -0.244. The molecule has 2 heterocycles. The van der Waals surface area contributed by atoms with Crippen molar-refractivity contribution >= 4 is 17.3 Å². The molecule has 1 fully saturated rings. The van der Waals surface area contributed by atoms with Gasteiger partial charge >= 0.3 is 0 Å². The smallest absolute Gasteiger partial charge is 0.253 e. The lowest BCUT2D eigenvalue weighted by atomic mass is 9.80. The second kappa shape index (κ2) is 7.90. The number of nitrogens with zero attached hydrogens (tertiary/aromatic N) is 2. The number of carbonyl (C=O) groups excluding carboxylic acids is 1. The SMILES string of the molecule is C=CN1C(=CC)C2(CCN(C(=O)c3ccc(C)cc3)CC2)Nc2cc(OC)ccc21. The van der Waals surface area contributed by atoms with E-state index in [9.17, 15) is 4.79 Å². The van der Waals surface area contributed by atoms with Gasteiger partial charge in [0.25, 0.3) is 5.91 Å². The fourth-order valence-electron chi connectivity index (χ4n) is 4.60. The van der Waals surface area contributed by atoms with E-state index in [4.69, 9.17) is 4.74 Å². The highest BCUT2D eigenvalue weighted by Crippen LogP contribution is 2.46. The first-order valence-corrected chi connectivity index (χ1v) is 10.4. The van der Waals surface area contributed by atoms with E-state index in [1.54, 1.807) is 7.11 Å². The molecule has 0 bridgehead atoms. The molecule has 5 heteroatoms. The zero-order valence-corrected chi connectivity index (χ0v) is 17.9. The van der Waals surface area contributed by atoms with Crippen molar-refractivity contribution in [3.05, 3.63) is 78.1 Å². The topological polar surface area (TPSA) is 44.8 Å². The van der Waals surface area contributed by atoms with E-state index in [1.807, 2.05) is 54.4 Å². The van der Waals surface area contributed by atoms with Crippen molar-refractivity contribution in [2.75, 3.05) is 30.4 Å². The normalized spacial score (nSPS) is 18.7. The fraction of sp³-hybridized carbons (Fsp3) is 0.320. The summed E-state index contributed by atoms with van der Waals surface area (Å²) in [5.74, 6) is 0.918. The molecule has 2 aromatic carbocycles. The second-order valence-corrected chi connectivity index (χ2v) is 7.97. The molecule has 4 rings (SSSR count). The van der Waals surface area contributed by atoms with Gasteiger partial charge in [-0.25, -0.2) is 0 Å². The van der Waals surface area contributed by atoms with Gasteiger partial charge in [-0.2, -0.15) is 0 Å². The van der Waals surface area contributed by atoms with Crippen molar-refractivity contribution < 1.29 is 9.53 Å². The number of hydrogen-bond donors (Lipinski definition) is 1. The van der Waals surface area contributed by atoms with Crippen molar-refractivity contribution in [3.63, 3.8) is 0 Å². The van der Waals surface area contributed by atoms with Crippen LogP contribution in [0.2, 0.25) is 0 Å². The Hall–Kier alpha value is -3.21. The van der Waals surface area contributed by atoms with Crippen LogP contribution in [0.1, 0.15) is 35.7 Å². The number of hydrogen-bond acceptors (Lipinski definition) is 4. The first kappa shape index (κ1) is 20.1. The molecule has 0 saturated carbocycles. The van der Waals surface area contributed by atoms with E-state index in [0.29, 0.717) is 13.1 Å². The summed E-state index contributed by atoms with van der Waals surface area (Å²) >= 11 is 0. The number of likely N-dealkylation sites (tertiary alicyclic amines) is 1. The summed E-state index contributed by atoms with van der Waals surface area (Å²) in [6, 6.07) is 13.9. The molecule has 5 nitrogen and oxygen atoms in total. The Balaban J connectivity index is 1.60. The van der Waals surface area contributed by atoms with E-state index < -0.39 is 0 Å². The average molecular weight is 404 g/mol. The molecule has 1 N–H and O–H groups in total. The molecule has 1 spiro atoms. The maximum Gasteiger partial charge on any atom is 0.253 e. The van der Waals surface area contributed by atoms with Crippen molar-refractivity contribution in [2.24, 2.45) is 0 Å². The molecule has 156 valence electrons.